The molecule has 3 aliphatic heterocycles. The minimum absolute atomic E-state index is 0.156. The number of piperidine rings is 1. The largest absolute Gasteiger partial charge is 0.488 e. The molecule has 5 rings (SSSR count). The fourth-order valence-electron chi connectivity index (χ4n) is 4.49. The highest BCUT2D eigenvalue weighted by atomic mass is 32.1. The van der Waals surface area contributed by atoms with Gasteiger partial charge in [-0.05, 0) is 43.9 Å². The Bertz CT molecular complexity index is 819. The van der Waals surface area contributed by atoms with Gasteiger partial charge in [-0.3, -0.25) is 4.79 Å². The lowest BCUT2D eigenvalue weighted by Gasteiger charge is -2.35. The molecule has 2 atom stereocenters. The number of nitrogens with zero attached hydrogens (tertiary/aromatic N) is 1. The molecule has 1 amide bonds. The predicted molar refractivity (Wildman–Crippen MR) is 99.1 cm³/mol. The van der Waals surface area contributed by atoms with E-state index in [1.54, 1.807) is 11.3 Å². The van der Waals surface area contributed by atoms with E-state index >= 15 is 0 Å². The van der Waals surface area contributed by atoms with Crippen molar-refractivity contribution in [3.05, 3.63) is 40.8 Å². The van der Waals surface area contributed by atoms with E-state index in [1.807, 2.05) is 36.2 Å². The predicted octanol–water partition coefficient (Wildman–Crippen LogP) is 3.66. The summed E-state index contributed by atoms with van der Waals surface area (Å²) in [6.45, 7) is 0.553. The van der Waals surface area contributed by atoms with E-state index in [0.29, 0.717) is 24.7 Å². The highest BCUT2D eigenvalue weighted by Gasteiger charge is 2.37. The van der Waals surface area contributed by atoms with Crippen LogP contribution in [0.15, 0.2) is 30.3 Å². The summed E-state index contributed by atoms with van der Waals surface area (Å²) in [4.78, 5) is 17.1. The topological polar surface area (TPSA) is 41.6 Å². The van der Waals surface area contributed by atoms with Gasteiger partial charge in [-0.2, -0.15) is 0 Å². The molecule has 25 heavy (non-hydrogen) atoms. The first kappa shape index (κ1) is 15.4. The van der Waals surface area contributed by atoms with Crippen LogP contribution in [0, 0.1) is 0 Å². The molecule has 5 heteroatoms. The van der Waals surface area contributed by atoms with E-state index in [2.05, 4.69) is 11.4 Å². The van der Waals surface area contributed by atoms with Crippen LogP contribution in [0.2, 0.25) is 0 Å². The minimum Gasteiger partial charge on any atom is -0.488 e. The van der Waals surface area contributed by atoms with Crippen molar-refractivity contribution in [1.29, 1.82) is 0 Å². The number of para-hydroxylation sites is 1. The average Bonchev–Trinajstić information content (AvgIpc) is 3.23. The second kappa shape index (κ2) is 5.85. The number of carbonyl (C=O) groups is 1. The number of nitrogens with one attached hydrogen (secondary N) is 1. The van der Waals surface area contributed by atoms with Crippen LogP contribution in [0.5, 0.6) is 5.75 Å². The zero-order valence-corrected chi connectivity index (χ0v) is 15.1. The first-order chi connectivity index (χ1) is 12.2. The molecule has 1 aromatic heterocycles. The first-order valence-corrected chi connectivity index (χ1v) is 9.89. The number of benzene rings is 1. The first-order valence-electron chi connectivity index (χ1n) is 9.07. The maximum Gasteiger partial charge on any atom is 0.263 e. The lowest BCUT2D eigenvalue weighted by molar-refractivity contribution is 0.0686. The Labute approximate surface area is 151 Å². The number of carbonyl (C=O) groups excluding carboxylic acids is 1. The van der Waals surface area contributed by atoms with Crippen molar-refractivity contribution in [1.82, 2.24) is 10.2 Å². The molecule has 1 N–H and O–H groups in total. The summed E-state index contributed by atoms with van der Waals surface area (Å²) >= 11 is 1.61. The van der Waals surface area contributed by atoms with Crippen molar-refractivity contribution in [2.75, 3.05) is 7.05 Å². The third-order valence-electron chi connectivity index (χ3n) is 5.85. The summed E-state index contributed by atoms with van der Waals surface area (Å²) in [5.74, 6) is 1.07. The molecule has 0 saturated carbocycles. The van der Waals surface area contributed by atoms with Crippen LogP contribution < -0.4 is 10.1 Å². The summed E-state index contributed by atoms with van der Waals surface area (Å²) in [7, 11) is 1.97. The van der Waals surface area contributed by atoms with Crippen molar-refractivity contribution in [2.45, 2.75) is 50.4 Å². The summed E-state index contributed by atoms with van der Waals surface area (Å²) < 4.78 is 5.83. The van der Waals surface area contributed by atoms with E-state index in [9.17, 15) is 4.79 Å². The molecule has 2 aromatic rings. The summed E-state index contributed by atoms with van der Waals surface area (Å²) in [5.41, 5.74) is 2.24. The molecule has 0 aliphatic carbocycles. The van der Waals surface area contributed by atoms with Crippen LogP contribution in [0.3, 0.4) is 0 Å². The van der Waals surface area contributed by atoms with Crippen LogP contribution in [0.4, 0.5) is 0 Å². The monoisotopic (exact) mass is 354 g/mol. The Morgan fingerprint density at radius 3 is 2.80 bits per heavy atom. The lowest BCUT2D eigenvalue weighted by Crippen LogP contribution is -2.48. The summed E-state index contributed by atoms with van der Waals surface area (Å²) in [5, 5.41) is 3.65. The molecule has 2 fully saturated rings. The van der Waals surface area contributed by atoms with Crippen molar-refractivity contribution < 1.29 is 9.53 Å². The normalized spacial score (nSPS) is 26.5. The van der Waals surface area contributed by atoms with Gasteiger partial charge < -0.3 is 15.0 Å². The van der Waals surface area contributed by atoms with Gasteiger partial charge in [0.25, 0.3) is 5.91 Å². The number of fused-ring (bicyclic) bond motifs is 5. The Morgan fingerprint density at radius 1 is 1.24 bits per heavy atom. The zero-order chi connectivity index (χ0) is 17.0. The lowest BCUT2D eigenvalue weighted by atomic mass is 9.98. The van der Waals surface area contributed by atoms with Gasteiger partial charge in [-0.15, -0.1) is 11.3 Å². The van der Waals surface area contributed by atoms with E-state index in [4.69, 9.17) is 4.74 Å². The molecule has 2 saturated heterocycles. The molecular weight excluding hydrogens is 332 g/mol. The fraction of sp³-hybridized carbons (Fsp3) is 0.450. The fourth-order valence-corrected chi connectivity index (χ4v) is 5.67. The number of ether oxygens (including phenoxy) is 1. The molecule has 0 radical (unpaired) electrons. The van der Waals surface area contributed by atoms with Crippen LogP contribution in [0.25, 0.3) is 10.4 Å². The van der Waals surface area contributed by atoms with E-state index in [1.165, 1.54) is 17.7 Å². The summed E-state index contributed by atoms with van der Waals surface area (Å²) in [6, 6.07) is 11.7. The smallest absolute Gasteiger partial charge is 0.263 e. The third-order valence-corrected chi connectivity index (χ3v) is 7.05. The number of rotatable bonds is 2. The maximum atomic E-state index is 13.1. The van der Waals surface area contributed by atoms with Gasteiger partial charge in [0.1, 0.15) is 12.4 Å². The zero-order valence-electron chi connectivity index (χ0n) is 14.3. The summed E-state index contributed by atoms with van der Waals surface area (Å²) in [6.07, 6.45) is 4.67. The average molecular weight is 354 g/mol. The van der Waals surface area contributed by atoms with Crippen LogP contribution >= 0.6 is 11.3 Å². The van der Waals surface area contributed by atoms with Gasteiger partial charge in [-0.25, -0.2) is 0 Å². The number of thiophene rings is 1. The molecule has 3 aliphatic rings. The molecule has 130 valence electrons. The quantitative estimate of drug-likeness (QED) is 0.895. The third kappa shape index (κ3) is 2.57. The van der Waals surface area contributed by atoms with E-state index < -0.39 is 0 Å². The van der Waals surface area contributed by atoms with Crippen molar-refractivity contribution in [2.24, 2.45) is 0 Å². The van der Waals surface area contributed by atoms with Gasteiger partial charge in [0.05, 0.1) is 4.88 Å². The van der Waals surface area contributed by atoms with Gasteiger partial charge in [-0.1, -0.05) is 12.1 Å². The highest BCUT2D eigenvalue weighted by Crippen LogP contribution is 2.42. The van der Waals surface area contributed by atoms with Gasteiger partial charge in [0.15, 0.2) is 0 Å². The van der Waals surface area contributed by atoms with Gasteiger partial charge in [0.2, 0.25) is 0 Å². The SMILES string of the molecule is CN(C(=O)c1cc2c(s1)-c1ccccc1OC2)C1CC2CCC(C1)N2. The number of hydrogen-bond acceptors (Lipinski definition) is 4. The molecule has 0 spiro atoms. The molecule has 2 unspecified atom stereocenters. The number of amides is 1. The van der Waals surface area contributed by atoms with Crippen LogP contribution in [0.1, 0.15) is 40.9 Å². The molecule has 1 aromatic carbocycles. The molecule has 4 heterocycles. The van der Waals surface area contributed by atoms with Crippen molar-refractivity contribution in [3.8, 4) is 16.2 Å². The maximum absolute atomic E-state index is 13.1. The standard InChI is InChI=1S/C20H22N2O2S/c1-22(15-9-13-6-7-14(10-15)21-13)20(23)18-8-12-11-24-17-5-3-2-4-16(17)19(12)25-18/h2-5,8,13-15,21H,6-7,9-11H2,1H3. The van der Waals surface area contributed by atoms with Crippen molar-refractivity contribution >= 4 is 17.2 Å². The van der Waals surface area contributed by atoms with E-state index in [0.717, 1.165) is 34.6 Å². The molecule has 2 bridgehead atoms. The molecular formula is C20H22N2O2S. The van der Waals surface area contributed by atoms with Crippen LogP contribution in [-0.2, 0) is 6.61 Å². The van der Waals surface area contributed by atoms with Gasteiger partial charge >= 0.3 is 0 Å². The Balaban J connectivity index is 1.41. The Morgan fingerprint density at radius 2 is 2.00 bits per heavy atom. The molecule has 4 nitrogen and oxygen atoms in total. The Kier molecular flexibility index (Phi) is 3.61. The Hall–Kier alpha value is -1.85. The second-order valence-electron chi connectivity index (χ2n) is 7.43. The van der Waals surface area contributed by atoms with Gasteiger partial charge in [0, 0.05) is 41.2 Å². The highest BCUT2D eigenvalue weighted by molar-refractivity contribution is 7.17. The van der Waals surface area contributed by atoms with Crippen LogP contribution in [-0.4, -0.2) is 36.0 Å². The second-order valence-corrected chi connectivity index (χ2v) is 8.48. The van der Waals surface area contributed by atoms with E-state index in [-0.39, 0.29) is 5.91 Å². The van der Waals surface area contributed by atoms with Crippen molar-refractivity contribution in [3.63, 3.8) is 0 Å². The minimum atomic E-state index is 0.156. The number of hydrogen-bond donors (Lipinski definition) is 1.